The fourth-order valence-corrected chi connectivity index (χ4v) is 3.92. The van der Waals surface area contributed by atoms with Gasteiger partial charge in [0.15, 0.2) is 0 Å². The van der Waals surface area contributed by atoms with Gasteiger partial charge >= 0.3 is 0 Å². The molecule has 0 amide bonds. The summed E-state index contributed by atoms with van der Waals surface area (Å²) in [6.07, 6.45) is 11.9. The van der Waals surface area contributed by atoms with Crippen LogP contribution in [0.4, 0.5) is 0 Å². The van der Waals surface area contributed by atoms with Crippen molar-refractivity contribution in [3.8, 4) is 22.4 Å². The molecule has 3 nitrogen and oxygen atoms in total. The zero-order valence-electron chi connectivity index (χ0n) is 15.6. The summed E-state index contributed by atoms with van der Waals surface area (Å²) in [5, 5.41) is 9.60. The number of rotatable bonds is 5. The van der Waals surface area contributed by atoms with Gasteiger partial charge in [-0.15, -0.1) is 0 Å². The molecule has 0 radical (unpaired) electrons. The van der Waals surface area contributed by atoms with Crippen molar-refractivity contribution in [1.82, 2.24) is 9.55 Å². The normalized spacial score (nSPS) is 13.6. The minimum atomic E-state index is 0.0544. The molecule has 2 heterocycles. The van der Waals surface area contributed by atoms with E-state index in [1.807, 2.05) is 37.5 Å². The molecule has 0 saturated carbocycles. The van der Waals surface area contributed by atoms with Crippen molar-refractivity contribution >= 4 is 0 Å². The molecule has 3 heteroatoms. The number of hydrogen-bond acceptors (Lipinski definition) is 2. The van der Waals surface area contributed by atoms with Crippen molar-refractivity contribution in [1.29, 1.82) is 0 Å². The first-order chi connectivity index (χ1) is 13.3. The third kappa shape index (κ3) is 3.38. The van der Waals surface area contributed by atoms with E-state index >= 15 is 0 Å². The standard InChI is InChI=1S/C24H24N2O/c1-2-6-18(17-27)12-14-26-23-11-10-19-7-3-4-9-21(19)22(23)15-24(26)20-8-5-13-25-16-20/h2-9,12-13,15-16,27H,10-11,14,17H2,1H3/b6-2-,18-12+. The Kier molecular flexibility index (Phi) is 5.03. The van der Waals surface area contributed by atoms with Crippen molar-refractivity contribution < 1.29 is 5.11 Å². The van der Waals surface area contributed by atoms with Crippen LogP contribution in [0.2, 0.25) is 0 Å². The monoisotopic (exact) mass is 356 g/mol. The van der Waals surface area contributed by atoms with Gasteiger partial charge in [0.05, 0.1) is 12.3 Å². The topological polar surface area (TPSA) is 38.0 Å². The molecule has 136 valence electrons. The van der Waals surface area contributed by atoms with Crippen LogP contribution in [0.1, 0.15) is 18.2 Å². The van der Waals surface area contributed by atoms with Gasteiger partial charge < -0.3 is 9.67 Å². The molecule has 1 aliphatic rings. The van der Waals surface area contributed by atoms with E-state index in [9.17, 15) is 5.11 Å². The van der Waals surface area contributed by atoms with Gasteiger partial charge in [0.25, 0.3) is 0 Å². The molecule has 1 aliphatic carbocycles. The third-order valence-corrected chi connectivity index (χ3v) is 5.20. The summed E-state index contributed by atoms with van der Waals surface area (Å²) in [5.74, 6) is 0. The number of hydrogen-bond donors (Lipinski definition) is 1. The average Bonchev–Trinajstić information content (AvgIpc) is 3.11. The third-order valence-electron chi connectivity index (χ3n) is 5.20. The highest BCUT2D eigenvalue weighted by atomic mass is 16.3. The van der Waals surface area contributed by atoms with E-state index in [-0.39, 0.29) is 6.61 Å². The molecule has 4 rings (SSSR count). The van der Waals surface area contributed by atoms with Crippen LogP contribution < -0.4 is 0 Å². The zero-order valence-corrected chi connectivity index (χ0v) is 15.6. The van der Waals surface area contributed by atoms with Gasteiger partial charge in [-0.25, -0.2) is 0 Å². The summed E-state index contributed by atoms with van der Waals surface area (Å²) in [7, 11) is 0. The van der Waals surface area contributed by atoms with Crippen molar-refractivity contribution in [2.24, 2.45) is 0 Å². The number of benzene rings is 1. The number of allylic oxidation sites excluding steroid dienone is 2. The Hall–Kier alpha value is -2.91. The van der Waals surface area contributed by atoms with Crippen LogP contribution in [0.3, 0.4) is 0 Å². The Morgan fingerprint density at radius 1 is 1.15 bits per heavy atom. The molecule has 0 atom stereocenters. The van der Waals surface area contributed by atoms with Crippen LogP contribution in [-0.4, -0.2) is 21.3 Å². The van der Waals surface area contributed by atoms with Gasteiger partial charge in [-0.2, -0.15) is 0 Å². The summed E-state index contributed by atoms with van der Waals surface area (Å²) >= 11 is 0. The fourth-order valence-electron chi connectivity index (χ4n) is 3.92. The lowest BCUT2D eigenvalue weighted by molar-refractivity contribution is 0.334. The second-order valence-electron chi connectivity index (χ2n) is 6.84. The average molecular weight is 356 g/mol. The van der Waals surface area contributed by atoms with E-state index in [0.29, 0.717) is 0 Å². The Balaban J connectivity index is 1.85. The number of aromatic nitrogens is 2. The highest BCUT2D eigenvalue weighted by Crippen LogP contribution is 2.38. The van der Waals surface area contributed by atoms with E-state index in [0.717, 1.165) is 30.5 Å². The summed E-state index contributed by atoms with van der Waals surface area (Å²) in [4.78, 5) is 4.31. The minimum absolute atomic E-state index is 0.0544. The maximum Gasteiger partial charge on any atom is 0.0679 e. The molecule has 0 spiro atoms. The lowest BCUT2D eigenvalue weighted by Gasteiger charge is -2.19. The van der Waals surface area contributed by atoms with Crippen LogP contribution in [0.25, 0.3) is 22.4 Å². The molecular formula is C24H24N2O. The molecule has 1 N–H and O–H groups in total. The molecule has 0 unspecified atom stereocenters. The SMILES string of the molecule is C/C=C\C(=C/Cn1c(-c2cccnc2)cc2c1CCc1ccccc1-2)CO. The zero-order chi connectivity index (χ0) is 18.6. The maximum atomic E-state index is 9.60. The minimum Gasteiger partial charge on any atom is -0.392 e. The van der Waals surface area contributed by atoms with Crippen molar-refractivity contribution in [2.45, 2.75) is 26.3 Å². The van der Waals surface area contributed by atoms with Gasteiger partial charge in [0, 0.05) is 35.8 Å². The molecule has 3 aromatic rings. The van der Waals surface area contributed by atoms with E-state index in [2.05, 4.69) is 52.0 Å². The van der Waals surface area contributed by atoms with Gasteiger partial charge in [0.2, 0.25) is 0 Å². The lowest BCUT2D eigenvalue weighted by Crippen LogP contribution is -2.10. The Morgan fingerprint density at radius 2 is 2.04 bits per heavy atom. The summed E-state index contributed by atoms with van der Waals surface area (Å²) < 4.78 is 2.38. The Bertz CT molecular complexity index is 996. The lowest BCUT2D eigenvalue weighted by atomic mass is 9.90. The number of aliphatic hydroxyl groups excluding tert-OH is 1. The molecule has 0 fully saturated rings. The molecular weight excluding hydrogens is 332 g/mol. The largest absolute Gasteiger partial charge is 0.392 e. The quantitative estimate of drug-likeness (QED) is 0.666. The van der Waals surface area contributed by atoms with Crippen LogP contribution in [0, 0.1) is 0 Å². The summed E-state index contributed by atoms with van der Waals surface area (Å²) in [6.45, 7) is 2.76. The van der Waals surface area contributed by atoms with Crippen LogP contribution in [-0.2, 0) is 19.4 Å². The van der Waals surface area contributed by atoms with Gasteiger partial charge in [0.1, 0.15) is 0 Å². The first-order valence-corrected chi connectivity index (χ1v) is 9.45. The molecule has 27 heavy (non-hydrogen) atoms. The van der Waals surface area contributed by atoms with Gasteiger partial charge in [-0.1, -0.05) is 42.5 Å². The van der Waals surface area contributed by atoms with Crippen LogP contribution >= 0.6 is 0 Å². The highest BCUT2D eigenvalue weighted by molar-refractivity contribution is 5.78. The van der Waals surface area contributed by atoms with E-state index in [1.54, 1.807) is 0 Å². The molecule has 0 saturated heterocycles. The first kappa shape index (κ1) is 17.5. The Morgan fingerprint density at radius 3 is 2.81 bits per heavy atom. The number of aryl methyl sites for hydroxylation is 1. The Labute approximate surface area is 160 Å². The number of nitrogens with zero attached hydrogens (tertiary/aromatic N) is 2. The predicted molar refractivity (Wildman–Crippen MR) is 110 cm³/mol. The molecule has 0 bridgehead atoms. The summed E-state index contributed by atoms with van der Waals surface area (Å²) in [6, 6.07) is 15.1. The van der Waals surface area contributed by atoms with Crippen molar-refractivity contribution in [2.75, 3.05) is 6.61 Å². The first-order valence-electron chi connectivity index (χ1n) is 9.45. The van der Waals surface area contributed by atoms with Gasteiger partial charge in [-0.3, -0.25) is 4.98 Å². The van der Waals surface area contributed by atoms with Gasteiger partial charge in [-0.05, 0) is 54.7 Å². The predicted octanol–water partition coefficient (Wildman–Crippen LogP) is 4.81. The molecule has 0 aliphatic heterocycles. The van der Waals surface area contributed by atoms with Crippen molar-refractivity contribution in [3.05, 3.63) is 89.9 Å². The number of pyridine rings is 1. The van der Waals surface area contributed by atoms with E-state index in [4.69, 9.17) is 0 Å². The second kappa shape index (κ2) is 7.77. The number of aliphatic hydroxyl groups is 1. The maximum absolute atomic E-state index is 9.60. The van der Waals surface area contributed by atoms with Crippen LogP contribution in [0.5, 0.6) is 0 Å². The number of fused-ring (bicyclic) bond motifs is 3. The second-order valence-corrected chi connectivity index (χ2v) is 6.84. The van der Waals surface area contributed by atoms with E-state index < -0.39 is 0 Å². The fraction of sp³-hybridized carbons (Fsp3) is 0.208. The summed E-state index contributed by atoms with van der Waals surface area (Å²) in [5.41, 5.74) is 8.67. The molecule has 2 aromatic heterocycles. The van der Waals surface area contributed by atoms with Crippen molar-refractivity contribution in [3.63, 3.8) is 0 Å². The molecule has 1 aromatic carbocycles. The smallest absolute Gasteiger partial charge is 0.0679 e. The highest BCUT2D eigenvalue weighted by Gasteiger charge is 2.22. The van der Waals surface area contributed by atoms with Crippen LogP contribution in [0.15, 0.2) is 78.7 Å². The van der Waals surface area contributed by atoms with E-state index in [1.165, 1.54) is 28.1 Å².